The van der Waals surface area contributed by atoms with Crippen molar-refractivity contribution in [2.45, 2.75) is 26.9 Å². The maximum absolute atomic E-state index is 13.1. The molecule has 1 fully saturated rings. The van der Waals surface area contributed by atoms with E-state index in [9.17, 15) is 18.0 Å². The number of hydrogen-bond donors (Lipinski definition) is 0. The molecule has 1 aliphatic rings. The number of ether oxygens (including phenoxy) is 2. The summed E-state index contributed by atoms with van der Waals surface area (Å²) >= 11 is 0. The van der Waals surface area contributed by atoms with Gasteiger partial charge < -0.3 is 19.3 Å². The zero-order valence-corrected chi connectivity index (χ0v) is 17.7. The van der Waals surface area contributed by atoms with Gasteiger partial charge in [-0.1, -0.05) is 0 Å². The SMILES string of the molecule is CCOc1ccc(C(=O)N2CCN(c3cc(C(F)(F)F)nc(C)n3)CC2)cc1OCC. The molecule has 2 heterocycles. The van der Waals surface area contributed by atoms with E-state index in [1.165, 1.54) is 6.92 Å². The molecule has 0 aliphatic carbocycles. The molecule has 0 bridgehead atoms. The van der Waals surface area contributed by atoms with E-state index in [1.54, 1.807) is 28.0 Å². The second kappa shape index (κ2) is 9.40. The summed E-state index contributed by atoms with van der Waals surface area (Å²) < 4.78 is 50.3. The molecule has 0 atom stereocenters. The van der Waals surface area contributed by atoms with Crippen molar-refractivity contribution in [2.75, 3.05) is 44.3 Å². The fraction of sp³-hybridized carbons (Fsp3) is 0.476. The van der Waals surface area contributed by atoms with Crippen molar-refractivity contribution in [3.05, 3.63) is 41.3 Å². The summed E-state index contributed by atoms with van der Waals surface area (Å²) in [7, 11) is 0. The Bertz CT molecular complexity index is 929. The molecule has 1 aromatic heterocycles. The molecule has 0 spiro atoms. The van der Waals surface area contributed by atoms with E-state index in [1.807, 2.05) is 13.8 Å². The van der Waals surface area contributed by atoms with Crippen molar-refractivity contribution in [1.82, 2.24) is 14.9 Å². The average molecular weight is 438 g/mol. The highest BCUT2D eigenvalue weighted by Gasteiger charge is 2.34. The van der Waals surface area contributed by atoms with Crippen molar-refractivity contribution < 1.29 is 27.4 Å². The van der Waals surface area contributed by atoms with Gasteiger partial charge in [0.15, 0.2) is 11.5 Å². The second-order valence-corrected chi connectivity index (χ2v) is 6.96. The van der Waals surface area contributed by atoms with Crippen molar-refractivity contribution in [3.8, 4) is 11.5 Å². The van der Waals surface area contributed by atoms with Crippen LogP contribution in [0.15, 0.2) is 24.3 Å². The molecule has 1 saturated heterocycles. The zero-order chi connectivity index (χ0) is 22.6. The van der Waals surface area contributed by atoms with Crippen molar-refractivity contribution >= 4 is 11.7 Å². The highest BCUT2D eigenvalue weighted by atomic mass is 19.4. The summed E-state index contributed by atoms with van der Waals surface area (Å²) in [5.74, 6) is 1.18. The third-order valence-electron chi connectivity index (χ3n) is 4.80. The predicted molar refractivity (Wildman–Crippen MR) is 109 cm³/mol. The highest BCUT2D eigenvalue weighted by Crippen LogP contribution is 2.31. The number of rotatable bonds is 6. The lowest BCUT2D eigenvalue weighted by Gasteiger charge is -2.35. The normalized spacial score (nSPS) is 14.5. The van der Waals surface area contributed by atoms with Crippen LogP contribution in [0.1, 0.15) is 35.7 Å². The Kier molecular flexibility index (Phi) is 6.87. The summed E-state index contributed by atoms with van der Waals surface area (Å²) in [6, 6.07) is 6.00. The predicted octanol–water partition coefficient (Wildman–Crippen LogP) is 3.56. The Morgan fingerprint density at radius 3 is 2.26 bits per heavy atom. The minimum Gasteiger partial charge on any atom is -0.490 e. The molecule has 31 heavy (non-hydrogen) atoms. The van der Waals surface area contributed by atoms with Gasteiger partial charge in [0.2, 0.25) is 0 Å². The number of anilines is 1. The van der Waals surface area contributed by atoms with Crippen LogP contribution < -0.4 is 14.4 Å². The lowest BCUT2D eigenvalue weighted by atomic mass is 10.1. The summed E-state index contributed by atoms with van der Waals surface area (Å²) in [6.07, 6.45) is -4.54. The molecular formula is C21H25F3N4O3. The molecule has 0 saturated carbocycles. The van der Waals surface area contributed by atoms with E-state index >= 15 is 0 Å². The van der Waals surface area contributed by atoms with Gasteiger partial charge in [0.05, 0.1) is 13.2 Å². The van der Waals surface area contributed by atoms with Gasteiger partial charge >= 0.3 is 6.18 Å². The van der Waals surface area contributed by atoms with E-state index in [4.69, 9.17) is 9.47 Å². The number of hydrogen-bond acceptors (Lipinski definition) is 6. The number of aromatic nitrogens is 2. The Morgan fingerprint density at radius 2 is 1.65 bits per heavy atom. The number of amides is 1. The molecular weight excluding hydrogens is 413 g/mol. The van der Waals surface area contributed by atoms with Crippen molar-refractivity contribution in [3.63, 3.8) is 0 Å². The number of nitrogens with zero attached hydrogens (tertiary/aromatic N) is 4. The van der Waals surface area contributed by atoms with E-state index in [-0.39, 0.29) is 17.5 Å². The highest BCUT2D eigenvalue weighted by molar-refractivity contribution is 5.95. The lowest BCUT2D eigenvalue weighted by molar-refractivity contribution is -0.141. The third kappa shape index (κ3) is 5.36. The summed E-state index contributed by atoms with van der Waals surface area (Å²) in [5, 5.41) is 0. The Labute approximate surface area is 178 Å². The lowest BCUT2D eigenvalue weighted by Crippen LogP contribution is -2.49. The summed E-state index contributed by atoms with van der Waals surface area (Å²) in [5.41, 5.74) is -0.496. The van der Waals surface area contributed by atoms with Gasteiger partial charge in [0.25, 0.3) is 5.91 Å². The Hall–Kier alpha value is -3.04. The molecule has 1 aromatic carbocycles. The second-order valence-electron chi connectivity index (χ2n) is 6.96. The first-order chi connectivity index (χ1) is 14.7. The first-order valence-corrected chi connectivity index (χ1v) is 10.1. The standard InChI is InChI=1S/C21H25F3N4O3/c1-4-30-16-7-6-15(12-17(16)31-5-2)20(29)28-10-8-27(9-11-28)19-13-18(21(22,23)24)25-14(3)26-19/h6-7,12-13H,4-5,8-11H2,1-3H3. The first-order valence-electron chi connectivity index (χ1n) is 10.1. The Balaban J connectivity index is 1.70. The zero-order valence-electron chi connectivity index (χ0n) is 17.7. The maximum Gasteiger partial charge on any atom is 0.433 e. The number of carbonyl (C=O) groups excluding carboxylic acids is 1. The summed E-state index contributed by atoms with van der Waals surface area (Å²) in [6.45, 7) is 7.53. The molecule has 2 aromatic rings. The molecule has 0 radical (unpaired) electrons. The van der Waals surface area contributed by atoms with Crippen LogP contribution in [0.3, 0.4) is 0 Å². The number of carbonyl (C=O) groups is 1. The molecule has 168 valence electrons. The van der Waals surface area contributed by atoms with Crippen LogP contribution in [0.2, 0.25) is 0 Å². The minimum atomic E-state index is -4.54. The van der Waals surface area contributed by atoms with Crippen LogP contribution in [0, 0.1) is 6.92 Å². The largest absolute Gasteiger partial charge is 0.490 e. The van der Waals surface area contributed by atoms with E-state index < -0.39 is 11.9 Å². The number of benzene rings is 1. The van der Waals surface area contributed by atoms with Gasteiger partial charge in [0, 0.05) is 37.8 Å². The van der Waals surface area contributed by atoms with Crippen LogP contribution in [0.4, 0.5) is 19.0 Å². The average Bonchev–Trinajstić information content (AvgIpc) is 2.74. The smallest absolute Gasteiger partial charge is 0.433 e. The van der Waals surface area contributed by atoms with Crippen LogP contribution >= 0.6 is 0 Å². The van der Waals surface area contributed by atoms with Gasteiger partial charge in [0.1, 0.15) is 17.3 Å². The van der Waals surface area contributed by atoms with Crippen LogP contribution in [0.5, 0.6) is 11.5 Å². The number of alkyl halides is 3. The minimum absolute atomic E-state index is 0.0566. The molecule has 1 aliphatic heterocycles. The monoisotopic (exact) mass is 438 g/mol. The fourth-order valence-corrected chi connectivity index (χ4v) is 3.36. The molecule has 3 rings (SSSR count). The van der Waals surface area contributed by atoms with Crippen molar-refractivity contribution in [1.29, 1.82) is 0 Å². The number of halogens is 3. The topological polar surface area (TPSA) is 67.8 Å². The first kappa shape index (κ1) is 22.6. The number of aryl methyl sites for hydroxylation is 1. The van der Waals surface area contributed by atoms with E-state index in [0.717, 1.165) is 6.07 Å². The molecule has 7 nitrogen and oxygen atoms in total. The fourth-order valence-electron chi connectivity index (χ4n) is 3.36. The van der Waals surface area contributed by atoms with Gasteiger partial charge in [-0.2, -0.15) is 13.2 Å². The van der Waals surface area contributed by atoms with Gasteiger partial charge in [-0.05, 0) is 39.0 Å². The van der Waals surface area contributed by atoms with Crippen LogP contribution in [-0.2, 0) is 6.18 Å². The van der Waals surface area contributed by atoms with E-state index in [0.29, 0.717) is 56.5 Å². The van der Waals surface area contributed by atoms with Crippen molar-refractivity contribution in [2.24, 2.45) is 0 Å². The quantitative estimate of drug-likeness (QED) is 0.687. The van der Waals surface area contributed by atoms with Crippen LogP contribution in [0.25, 0.3) is 0 Å². The van der Waals surface area contributed by atoms with E-state index in [2.05, 4.69) is 9.97 Å². The van der Waals surface area contributed by atoms with Gasteiger partial charge in [-0.15, -0.1) is 0 Å². The molecule has 0 unspecified atom stereocenters. The summed E-state index contributed by atoms with van der Waals surface area (Å²) in [4.78, 5) is 24.0. The van der Waals surface area contributed by atoms with Crippen LogP contribution in [-0.4, -0.2) is 60.2 Å². The molecule has 1 amide bonds. The number of piperazine rings is 1. The maximum atomic E-state index is 13.1. The van der Waals surface area contributed by atoms with Gasteiger partial charge in [-0.3, -0.25) is 4.79 Å². The van der Waals surface area contributed by atoms with Gasteiger partial charge in [-0.25, -0.2) is 9.97 Å². The third-order valence-corrected chi connectivity index (χ3v) is 4.80. The molecule has 0 N–H and O–H groups in total. The Morgan fingerprint density at radius 1 is 1.00 bits per heavy atom. The molecule has 10 heteroatoms.